The predicted molar refractivity (Wildman–Crippen MR) is 114 cm³/mol. The summed E-state index contributed by atoms with van der Waals surface area (Å²) in [7, 11) is 0. The highest BCUT2D eigenvalue weighted by molar-refractivity contribution is 6.02. The molecule has 2 heterocycles. The third kappa shape index (κ3) is 2.93. The average Bonchev–Trinajstić information content (AvgIpc) is 3.24. The topological polar surface area (TPSA) is 141 Å². The molecule has 0 amide bonds. The van der Waals surface area contributed by atoms with E-state index in [0.29, 0.717) is 22.1 Å². The molecule has 1 aliphatic carbocycles. The monoisotopic (exact) mass is 430 g/mol. The van der Waals surface area contributed by atoms with Crippen LogP contribution in [0.5, 0.6) is 17.2 Å². The average molecular weight is 430 g/mol. The Hall–Kier alpha value is -4.72. The van der Waals surface area contributed by atoms with Crippen LogP contribution >= 0.6 is 0 Å². The molecule has 32 heavy (non-hydrogen) atoms. The molecule has 4 N–H and O–H groups in total. The highest BCUT2D eigenvalue weighted by atomic mass is 16.4. The predicted octanol–water partition coefficient (Wildman–Crippen LogP) is 4.64. The van der Waals surface area contributed by atoms with Gasteiger partial charge in [0, 0.05) is 34.2 Å². The van der Waals surface area contributed by atoms with Gasteiger partial charge in [-0.05, 0) is 30.3 Å². The highest BCUT2D eigenvalue weighted by Gasteiger charge is 2.23. The first-order chi connectivity index (χ1) is 15.3. The van der Waals surface area contributed by atoms with Gasteiger partial charge in [0.25, 0.3) is 0 Å². The van der Waals surface area contributed by atoms with Gasteiger partial charge in [0.1, 0.15) is 22.9 Å². The van der Waals surface area contributed by atoms with E-state index >= 15 is 0 Å². The van der Waals surface area contributed by atoms with Crippen molar-refractivity contribution in [2.24, 2.45) is 0 Å². The third-order valence-corrected chi connectivity index (χ3v) is 5.17. The van der Waals surface area contributed by atoms with E-state index < -0.39 is 28.6 Å². The molecular weight excluding hydrogens is 416 g/mol. The number of fused-ring (bicyclic) bond motifs is 2. The Balaban J connectivity index is 1.83. The minimum atomic E-state index is -1.11. The molecule has 0 bridgehead atoms. The van der Waals surface area contributed by atoms with Gasteiger partial charge in [-0.1, -0.05) is 18.2 Å². The number of aromatic carboxylic acids is 1. The second kappa shape index (κ2) is 6.92. The van der Waals surface area contributed by atoms with Crippen LogP contribution in [-0.4, -0.2) is 26.4 Å². The zero-order valence-corrected chi connectivity index (χ0v) is 16.2. The maximum absolute atomic E-state index is 11.9. The van der Waals surface area contributed by atoms with Gasteiger partial charge in [0.15, 0.2) is 17.2 Å². The number of hydrogen-bond donors (Lipinski definition) is 4. The first-order valence-corrected chi connectivity index (χ1v) is 9.42. The smallest absolute Gasteiger partial charge is 0.336 e. The molecule has 158 valence electrons. The lowest BCUT2D eigenvalue weighted by atomic mass is 9.97. The van der Waals surface area contributed by atoms with Crippen molar-refractivity contribution in [2.45, 2.75) is 0 Å². The lowest BCUT2D eigenvalue weighted by molar-refractivity contribution is 0.0697. The normalized spacial score (nSPS) is 11.2. The Bertz CT molecular complexity index is 1560. The fourth-order valence-electron chi connectivity index (χ4n) is 3.70. The van der Waals surface area contributed by atoms with Crippen LogP contribution in [0.1, 0.15) is 10.4 Å². The van der Waals surface area contributed by atoms with Crippen LogP contribution in [0.25, 0.3) is 44.9 Å². The molecular formula is C24H14O8. The van der Waals surface area contributed by atoms with Gasteiger partial charge in [-0.3, -0.25) is 4.79 Å². The molecule has 0 spiro atoms. The summed E-state index contributed by atoms with van der Waals surface area (Å²) in [6.07, 6.45) is 0. The summed E-state index contributed by atoms with van der Waals surface area (Å²) in [5, 5.41) is 39.8. The van der Waals surface area contributed by atoms with Crippen LogP contribution in [0.3, 0.4) is 0 Å². The van der Waals surface area contributed by atoms with Gasteiger partial charge in [0.2, 0.25) is 5.43 Å². The van der Waals surface area contributed by atoms with Crippen molar-refractivity contribution in [1.29, 1.82) is 0 Å². The van der Waals surface area contributed by atoms with Crippen molar-refractivity contribution in [3.05, 3.63) is 76.5 Å². The Morgan fingerprint density at radius 2 is 1.44 bits per heavy atom. The molecule has 1 aliphatic heterocycles. The number of carboxylic acids is 1. The van der Waals surface area contributed by atoms with E-state index in [0.717, 1.165) is 6.07 Å². The molecule has 2 aliphatic rings. The lowest BCUT2D eigenvalue weighted by Gasteiger charge is -2.14. The summed E-state index contributed by atoms with van der Waals surface area (Å²) in [5.41, 5.74) is 0.646. The second-order valence-electron chi connectivity index (χ2n) is 7.14. The molecule has 0 saturated carbocycles. The van der Waals surface area contributed by atoms with E-state index in [1.54, 1.807) is 30.3 Å². The van der Waals surface area contributed by atoms with E-state index in [2.05, 4.69) is 0 Å². The standard InChI is InChI=1S/C24H14O8/c25-15-7-13-21(9-17(15)27)32-22-10-18(28)16(26)8-14(22)23(13)20-6-5-19(31-20)11-3-1-2-4-12(11)24(29)30/h1-10,25-27H,(H,29,30). The largest absolute Gasteiger partial charge is 0.504 e. The quantitative estimate of drug-likeness (QED) is 0.240. The second-order valence-corrected chi connectivity index (χ2v) is 7.14. The van der Waals surface area contributed by atoms with Gasteiger partial charge < -0.3 is 29.3 Å². The summed E-state index contributed by atoms with van der Waals surface area (Å²) < 4.78 is 11.7. The van der Waals surface area contributed by atoms with Crippen LogP contribution in [0, 0.1) is 0 Å². The number of carboxylic acid groups (broad SMARTS) is 1. The third-order valence-electron chi connectivity index (χ3n) is 5.17. The SMILES string of the molecule is O=C(O)c1ccccc1-c1ccc(-c2c3cc(O)c(=O)cc-3oc3cc(O)c(O)cc23)o1. The summed E-state index contributed by atoms with van der Waals surface area (Å²) in [6.45, 7) is 0. The molecule has 8 nitrogen and oxygen atoms in total. The van der Waals surface area contributed by atoms with E-state index in [1.807, 2.05) is 0 Å². The zero-order valence-electron chi connectivity index (χ0n) is 16.2. The van der Waals surface area contributed by atoms with Crippen molar-refractivity contribution in [1.82, 2.24) is 0 Å². The molecule has 1 aromatic heterocycles. The van der Waals surface area contributed by atoms with Gasteiger partial charge in [-0.2, -0.15) is 0 Å². The van der Waals surface area contributed by atoms with Crippen molar-refractivity contribution >= 4 is 16.9 Å². The highest BCUT2D eigenvalue weighted by Crippen LogP contribution is 2.45. The Kier molecular flexibility index (Phi) is 4.16. The maximum Gasteiger partial charge on any atom is 0.336 e. The van der Waals surface area contributed by atoms with Crippen molar-refractivity contribution < 1.29 is 34.1 Å². The zero-order chi connectivity index (χ0) is 22.6. The minimum absolute atomic E-state index is 0.0578. The summed E-state index contributed by atoms with van der Waals surface area (Å²) in [4.78, 5) is 23.5. The number of rotatable bonds is 3. The van der Waals surface area contributed by atoms with Crippen LogP contribution in [0.15, 0.2) is 74.3 Å². The summed E-state index contributed by atoms with van der Waals surface area (Å²) in [5.74, 6) is -1.74. The van der Waals surface area contributed by atoms with Crippen LogP contribution in [0.4, 0.5) is 0 Å². The number of phenolic OH excluding ortho intramolecular Hbond substituents is 3. The fourth-order valence-corrected chi connectivity index (χ4v) is 3.70. The summed E-state index contributed by atoms with van der Waals surface area (Å²) in [6, 6.07) is 14.4. The molecule has 0 atom stereocenters. The van der Waals surface area contributed by atoms with Crippen LogP contribution in [-0.2, 0) is 0 Å². The Morgan fingerprint density at radius 3 is 2.22 bits per heavy atom. The Labute approximate surface area is 179 Å². The van der Waals surface area contributed by atoms with Gasteiger partial charge in [-0.25, -0.2) is 4.79 Å². The first kappa shape index (κ1) is 19.3. The number of benzene rings is 3. The van der Waals surface area contributed by atoms with Gasteiger partial charge in [-0.15, -0.1) is 0 Å². The van der Waals surface area contributed by atoms with Crippen LogP contribution in [0.2, 0.25) is 0 Å². The number of furan rings is 1. The minimum Gasteiger partial charge on any atom is -0.504 e. The first-order valence-electron chi connectivity index (χ1n) is 9.42. The van der Waals surface area contributed by atoms with Crippen LogP contribution < -0.4 is 5.43 Å². The van der Waals surface area contributed by atoms with Gasteiger partial charge >= 0.3 is 5.97 Å². The molecule has 0 radical (unpaired) electrons. The molecule has 8 heteroatoms. The molecule has 0 unspecified atom stereocenters. The van der Waals surface area contributed by atoms with E-state index in [-0.39, 0.29) is 28.4 Å². The van der Waals surface area contributed by atoms with E-state index in [4.69, 9.17) is 8.83 Å². The number of aromatic hydroxyl groups is 3. The molecule has 5 rings (SSSR count). The molecule has 3 aromatic rings. The number of carbonyl (C=O) groups is 1. The van der Waals surface area contributed by atoms with Crippen molar-refractivity contribution in [3.63, 3.8) is 0 Å². The fraction of sp³-hybridized carbons (Fsp3) is 0. The van der Waals surface area contributed by atoms with Crippen molar-refractivity contribution in [3.8, 4) is 51.2 Å². The van der Waals surface area contributed by atoms with E-state index in [9.17, 15) is 30.0 Å². The molecule has 0 fully saturated rings. The number of phenols is 3. The van der Waals surface area contributed by atoms with Gasteiger partial charge in [0.05, 0.1) is 5.56 Å². The number of hydrogen-bond acceptors (Lipinski definition) is 7. The van der Waals surface area contributed by atoms with E-state index in [1.165, 1.54) is 24.3 Å². The lowest BCUT2D eigenvalue weighted by Crippen LogP contribution is -2.01. The molecule has 2 aromatic carbocycles. The van der Waals surface area contributed by atoms with Crippen molar-refractivity contribution in [2.75, 3.05) is 0 Å². The maximum atomic E-state index is 11.9. The molecule has 0 saturated heterocycles. The Morgan fingerprint density at radius 1 is 0.719 bits per heavy atom. The summed E-state index contributed by atoms with van der Waals surface area (Å²) >= 11 is 0.